The SMILES string of the molecule is CCCCc1ccccc1Cc1c(OC)ccc(CCC)c1OC. The molecular formula is C22H30O2. The van der Waals surface area contributed by atoms with Gasteiger partial charge in [0.15, 0.2) is 0 Å². The molecule has 2 aromatic carbocycles. The lowest BCUT2D eigenvalue weighted by Crippen LogP contribution is -2.03. The van der Waals surface area contributed by atoms with Crippen LogP contribution in [0.1, 0.15) is 55.4 Å². The second-order valence-corrected chi connectivity index (χ2v) is 6.24. The van der Waals surface area contributed by atoms with E-state index in [1.54, 1.807) is 14.2 Å². The van der Waals surface area contributed by atoms with Crippen molar-refractivity contribution in [3.63, 3.8) is 0 Å². The lowest BCUT2D eigenvalue weighted by molar-refractivity contribution is 0.383. The van der Waals surface area contributed by atoms with Gasteiger partial charge >= 0.3 is 0 Å². The molecule has 0 radical (unpaired) electrons. The van der Waals surface area contributed by atoms with Crippen molar-refractivity contribution in [2.75, 3.05) is 14.2 Å². The summed E-state index contributed by atoms with van der Waals surface area (Å²) < 4.78 is 11.4. The van der Waals surface area contributed by atoms with Crippen molar-refractivity contribution in [2.24, 2.45) is 0 Å². The van der Waals surface area contributed by atoms with Crippen molar-refractivity contribution in [3.8, 4) is 11.5 Å². The summed E-state index contributed by atoms with van der Waals surface area (Å²) >= 11 is 0. The van der Waals surface area contributed by atoms with Gasteiger partial charge in [-0.15, -0.1) is 0 Å². The summed E-state index contributed by atoms with van der Waals surface area (Å²) in [7, 11) is 3.50. The van der Waals surface area contributed by atoms with Crippen molar-refractivity contribution < 1.29 is 9.47 Å². The van der Waals surface area contributed by atoms with Gasteiger partial charge < -0.3 is 9.47 Å². The smallest absolute Gasteiger partial charge is 0.129 e. The van der Waals surface area contributed by atoms with Crippen LogP contribution >= 0.6 is 0 Å². The van der Waals surface area contributed by atoms with Crippen molar-refractivity contribution in [3.05, 3.63) is 58.7 Å². The highest BCUT2D eigenvalue weighted by Crippen LogP contribution is 2.35. The summed E-state index contributed by atoms with van der Waals surface area (Å²) in [5.41, 5.74) is 5.23. The molecule has 0 aromatic heterocycles. The van der Waals surface area contributed by atoms with E-state index in [0.717, 1.165) is 42.7 Å². The molecular weight excluding hydrogens is 296 g/mol. The molecule has 0 spiro atoms. The fourth-order valence-corrected chi connectivity index (χ4v) is 3.27. The molecule has 130 valence electrons. The summed E-state index contributed by atoms with van der Waals surface area (Å²) in [4.78, 5) is 0. The van der Waals surface area contributed by atoms with Gasteiger partial charge in [0.1, 0.15) is 11.5 Å². The van der Waals surface area contributed by atoms with Gasteiger partial charge in [-0.2, -0.15) is 0 Å². The highest BCUT2D eigenvalue weighted by molar-refractivity contribution is 5.53. The average molecular weight is 326 g/mol. The highest BCUT2D eigenvalue weighted by atomic mass is 16.5. The van der Waals surface area contributed by atoms with Crippen LogP contribution in [-0.4, -0.2) is 14.2 Å². The Kier molecular flexibility index (Phi) is 7.17. The number of ether oxygens (including phenoxy) is 2. The monoisotopic (exact) mass is 326 g/mol. The maximum absolute atomic E-state index is 5.78. The van der Waals surface area contributed by atoms with Crippen LogP contribution in [0.3, 0.4) is 0 Å². The van der Waals surface area contributed by atoms with E-state index >= 15 is 0 Å². The zero-order valence-corrected chi connectivity index (χ0v) is 15.5. The molecule has 0 unspecified atom stereocenters. The molecule has 0 heterocycles. The highest BCUT2D eigenvalue weighted by Gasteiger charge is 2.16. The number of hydrogen-bond acceptors (Lipinski definition) is 2. The van der Waals surface area contributed by atoms with E-state index in [1.165, 1.54) is 29.5 Å². The van der Waals surface area contributed by atoms with Crippen LogP contribution in [0.25, 0.3) is 0 Å². The van der Waals surface area contributed by atoms with Crippen LogP contribution < -0.4 is 9.47 Å². The number of rotatable bonds is 9. The molecule has 0 atom stereocenters. The molecule has 2 heteroatoms. The van der Waals surface area contributed by atoms with Gasteiger partial charge in [-0.1, -0.05) is 57.0 Å². The van der Waals surface area contributed by atoms with Crippen LogP contribution in [0.15, 0.2) is 36.4 Å². The Hall–Kier alpha value is -1.96. The van der Waals surface area contributed by atoms with Gasteiger partial charge in [0.05, 0.1) is 14.2 Å². The first-order valence-electron chi connectivity index (χ1n) is 9.04. The summed E-state index contributed by atoms with van der Waals surface area (Å²) in [5, 5.41) is 0. The molecule has 24 heavy (non-hydrogen) atoms. The van der Waals surface area contributed by atoms with Crippen molar-refractivity contribution >= 4 is 0 Å². The quantitative estimate of drug-likeness (QED) is 0.598. The predicted octanol–water partition coefficient (Wildman–Crippen LogP) is 5.59. The molecule has 0 aliphatic heterocycles. The maximum atomic E-state index is 5.78. The van der Waals surface area contributed by atoms with E-state index in [-0.39, 0.29) is 0 Å². The molecule has 0 aliphatic carbocycles. The largest absolute Gasteiger partial charge is 0.496 e. The fourth-order valence-electron chi connectivity index (χ4n) is 3.27. The molecule has 2 nitrogen and oxygen atoms in total. The normalized spacial score (nSPS) is 10.7. The van der Waals surface area contributed by atoms with Gasteiger partial charge in [-0.3, -0.25) is 0 Å². The van der Waals surface area contributed by atoms with Crippen LogP contribution in [0.2, 0.25) is 0 Å². The molecule has 0 saturated heterocycles. The average Bonchev–Trinajstić information content (AvgIpc) is 2.61. The molecule has 0 fully saturated rings. The number of hydrogen-bond donors (Lipinski definition) is 0. The Bertz CT molecular complexity index is 646. The first-order chi connectivity index (χ1) is 11.7. The summed E-state index contributed by atoms with van der Waals surface area (Å²) in [5.74, 6) is 1.90. The first kappa shape index (κ1) is 18.4. The summed E-state index contributed by atoms with van der Waals surface area (Å²) in [6.45, 7) is 4.44. The Balaban J connectivity index is 2.43. The predicted molar refractivity (Wildman–Crippen MR) is 101 cm³/mol. The lowest BCUT2D eigenvalue weighted by atomic mass is 9.93. The van der Waals surface area contributed by atoms with Gasteiger partial charge in [-0.05, 0) is 42.0 Å². The number of benzene rings is 2. The molecule has 0 amide bonds. The molecule has 2 aromatic rings. The molecule has 0 bridgehead atoms. The Morgan fingerprint density at radius 1 is 0.750 bits per heavy atom. The van der Waals surface area contributed by atoms with E-state index in [4.69, 9.17) is 9.47 Å². The van der Waals surface area contributed by atoms with E-state index in [0.29, 0.717) is 0 Å². The van der Waals surface area contributed by atoms with Gasteiger partial charge in [0.2, 0.25) is 0 Å². The van der Waals surface area contributed by atoms with Crippen molar-refractivity contribution in [1.82, 2.24) is 0 Å². The minimum Gasteiger partial charge on any atom is -0.496 e. The Morgan fingerprint density at radius 2 is 1.50 bits per heavy atom. The van der Waals surface area contributed by atoms with E-state index < -0.39 is 0 Å². The van der Waals surface area contributed by atoms with E-state index in [2.05, 4.69) is 50.2 Å². The standard InChI is InChI=1S/C22H30O2/c1-5-7-11-17-12-8-9-13-19(17)16-20-21(23-3)15-14-18(10-6-2)22(20)24-4/h8-9,12-15H,5-7,10-11,16H2,1-4H3. The molecule has 0 saturated carbocycles. The van der Waals surface area contributed by atoms with E-state index in [1.807, 2.05) is 0 Å². The lowest BCUT2D eigenvalue weighted by Gasteiger charge is -2.18. The molecule has 0 N–H and O–H groups in total. The second-order valence-electron chi connectivity index (χ2n) is 6.24. The second kappa shape index (κ2) is 9.36. The first-order valence-corrected chi connectivity index (χ1v) is 9.04. The van der Waals surface area contributed by atoms with E-state index in [9.17, 15) is 0 Å². The maximum Gasteiger partial charge on any atom is 0.129 e. The zero-order chi connectivity index (χ0) is 17.4. The van der Waals surface area contributed by atoms with Gasteiger partial charge in [0, 0.05) is 12.0 Å². The Labute approximate surface area is 146 Å². The summed E-state index contributed by atoms with van der Waals surface area (Å²) in [6.07, 6.45) is 6.55. The third-order valence-corrected chi connectivity index (χ3v) is 4.53. The molecule has 0 aliphatic rings. The van der Waals surface area contributed by atoms with Gasteiger partial charge in [0.25, 0.3) is 0 Å². The van der Waals surface area contributed by atoms with Crippen molar-refractivity contribution in [2.45, 2.75) is 52.4 Å². The topological polar surface area (TPSA) is 18.5 Å². The number of methoxy groups -OCH3 is 2. The summed E-state index contributed by atoms with van der Waals surface area (Å²) in [6, 6.07) is 13.0. The van der Waals surface area contributed by atoms with Crippen LogP contribution in [0.5, 0.6) is 11.5 Å². The molecule has 2 rings (SSSR count). The van der Waals surface area contributed by atoms with Crippen LogP contribution in [0, 0.1) is 0 Å². The third-order valence-electron chi connectivity index (χ3n) is 4.53. The number of unbranched alkanes of at least 4 members (excludes halogenated alkanes) is 1. The fraction of sp³-hybridized carbons (Fsp3) is 0.455. The minimum absolute atomic E-state index is 0.851. The minimum atomic E-state index is 0.851. The Morgan fingerprint density at radius 3 is 2.12 bits per heavy atom. The van der Waals surface area contributed by atoms with Crippen LogP contribution in [-0.2, 0) is 19.3 Å². The number of aryl methyl sites for hydroxylation is 2. The van der Waals surface area contributed by atoms with Crippen molar-refractivity contribution in [1.29, 1.82) is 0 Å². The zero-order valence-electron chi connectivity index (χ0n) is 15.5. The van der Waals surface area contributed by atoms with Gasteiger partial charge in [-0.25, -0.2) is 0 Å². The van der Waals surface area contributed by atoms with Crippen LogP contribution in [0.4, 0.5) is 0 Å². The third kappa shape index (κ3) is 4.31.